The highest BCUT2D eigenvalue weighted by Crippen LogP contribution is 2.38. The Labute approximate surface area is 304 Å². The number of carbonyl (C=O) groups is 3. The van der Waals surface area contributed by atoms with Gasteiger partial charge < -0.3 is 20.7 Å². The molecule has 0 fully saturated rings. The summed E-state index contributed by atoms with van der Waals surface area (Å²) in [4.78, 5) is 47.0. The third-order valence-corrected chi connectivity index (χ3v) is 9.87. The lowest BCUT2D eigenvalue weighted by Gasteiger charge is -2.17. The average molecular weight is 711 g/mol. The second-order valence-electron chi connectivity index (χ2n) is 11.3. The van der Waals surface area contributed by atoms with E-state index in [0.717, 1.165) is 26.6 Å². The number of hydrogen-bond acceptors (Lipinski definition) is 7. The normalized spacial score (nSPS) is 11.7. The van der Waals surface area contributed by atoms with Crippen LogP contribution in [0.5, 0.6) is 5.75 Å². The van der Waals surface area contributed by atoms with Gasteiger partial charge in [-0.05, 0) is 72.7 Å². The Bertz CT molecular complexity index is 2150. The largest absolute Gasteiger partial charge is 0.497 e. The van der Waals surface area contributed by atoms with Crippen molar-refractivity contribution in [1.29, 1.82) is 0 Å². The average Bonchev–Trinajstić information content (AvgIpc) is 3.54. The summed E-state index contributed by atoms with van der Waals surface area (Å²) < 4.78 is 5.33. The van der Waals surface area contributed by atoms with Crippen molar-refractivity contribution < 1.29 is 19.1 Å². The number of carbonyl (C=O) groups excluding carboxylic acids is 3. The van der Waals surface area contributed by atoms with Gasteiger partial charge in [-0.1, -0.05) is 91.0 Å². The maximum atomic E-state index is 13.8. The fourth-order valence-corrected chi connectivity index (χ4v) is 7.04. The van der Waals surface area contributed by atoms with Crippen LogP contribution in [0.1, 0.15) is 31.6 Å². The summed E-state index contributed by atoms with van der Waals surface area (Å²) in [6.45, 7) is 1.99. The topological polar surface area (TPSA) is 109 Å². The highest BCUT2D eigenvalue weighted by molar-refractivity contribution is 8.00. The van der Waals surface area contributed by atoms with Gasteiger partial charge in [-0.3, -0.25) is 14.4 Å². The second-order valence-corrected chi connectivity index (χ2v) is 13.7. The summed E-state index contributed by atoms with van der Waals surface area (Å²) in [7, 11) is 1.56. The molecular formula is C41H34N4O4S2. The van der Waals surface area contributed by atoms with Crippen LogP contribution in [0.2, 0.25) is 0 Å². The van der Waals surface area contributed by atoms with Gasteiger partial charge in [0.1, 0.15) is 16.7 Å². The molecule has 51 heavy (non-hydrogen) atoms. The Morgan fingerprint density at radius 2 is 1.45 bits per heavy atom. The van der Waals surface area contributed by atoms with Crippen molar-refractivity contribution >= 4 is 57.7 Å². The molecule has 3 N–H and O–H groups in total. The highest BCUT2D eigenvalue weighted by atomic mass is 32.2. The first-order valence-corrected chi connectivity index (χ1v) is 17.7. The van der Waals surface area contributed by atoms with Crippen LogP contribution in [0.25, 0.3) is 17.3 Å². The molecule has 10 heteroatoms. The quantitative estimate of drug-likeness (QED) is 0.0864. The van der Waals surface area contributed by atoms with Crippen molar-refractivity contribution in [2.75, 3.05) is 17.7 Å². The molecule has 0 saturated heterocycles. The summed E-state index contributed by atoms with van der Waals surface area (Å²) in [5.74, 6) is -0.496. The third kappa shape index (κ3) is 9.18. The molecule has 0 aliphatic heterocycles. The number of benzene rings is 5. The first-order valence-electron chi connectivity index (χ1n) is 16.0. The van der Waals surface area contributed by atoms with Crippen molar-refractivity contribution in [3.63, 3.8) is 0 Å². The van der Waals surface area contributed by atoms with E-state index >= 15 is 0 Å². The van der Waals surface area contributed by atoms with Gasteiger partial charge in [-0.25, -0.2) is 4.98 Å². The van der Waals surface area contributed by atoms with Crippen LogP contribution in [0.3, 0.4) is 0 Å². The molecule has 8 nitrogen and oxygen atoms in total. The van der Waals surface area contributed by atoms with E-state index in [0.29, 0.717) is 27.7 Å². The third-order valence-electron chi connectivity index (χ3n) is 7.71. The van der Waals surface area contributed by atoms with Gasteiger partial charge in [0.25, 0.3) is 11.8 Å². The number of aromatic nitrogens is 1. The predicted octanol–water partition coefficient (Wildman–Crippen LogP) is 9.01. The first-order chi connectivity index (χ1) is 24.9. The van der Waals surface area contributed by atoms with Gasteiger partial charge >= 0.3 is 0 Å². The number of anilines is 2. The zero-order chi connectivity index (χ0) is 35.6. The van der Waals surface area contributed by atoms with E-state index in [1.807, 2.05) is 91.9 Å². The van der Waals surface area contributed by atoms with Gasteiger partial charge in [-0.2, -0.15) is 0 Å². The molecular weight excluding hydrogens is 677 g/mol. The highest BCUT2D eigenvalue weighted by Gasteiger charge is 2.24. The van der Waals surface area contributed by atoms with Crippen LogP contribution in [-0.2, 0) is 9.59 Å². The van der Waals surface area contributed by atoms with Crippen LogP contribution in [0.15, 0.2) is 150 Å². The lowest BCUT2D eigenvalue weighted by atomic mass is 10.1. The second kappa shape index (κ2) is 16.6. The van der Waals surface area contributed by atoms with E-state index in [4.69, 9.17) is 9.72 Å². The zero-order valence-corrected chi connectivity index (χ0v) is 29.5. The lowest BCUT2D eigenvalue weighted by Crippen LogP contribution is -2.30. The monoisotopic (exact) mass is 710 g/mol. The summed E-state index contributed by atoms with van der Waals surface area (Å²) >= 11 is 2.83. The molecule has 1 unspecified atom stereocenters. The molecule has 3 amide bonds. The number of thiazole rings is 1. The first kappa shape index (κ1) is 34.9. The Kier molecular flexibility index (Phi) is 11.4. The van der Waals surface area contributed by atoms with Crippen LogP contribution in [0, 0.1) is 6.92 Å². The Balaban J connectivity index is 1.18. The number of amides is 3. The molecule has 6 aromatic rings. The summed E-state index contributed by atoms with van der Waals surface area (Å²) in [6, 6.07) is 42.6. The molecule has 0 bridgehead atoms. The Morgan fingerprint density at radius 3 is 2.14 bits per heavy atom. The minimum atomic E-state index is -0.568. The van der Waals surface area contributed by atoms with Crippen LogP contribution >= 0.6 is 23.1 Å². The minimum Gasteiger partial charge on any atom is -0.497 e. The van der Waals surface area contributed by atoms with Crippen molar-refractivity contribution in [2.24, 2.45) is 0 Å². The zero-order valence-electron chi connectivity index (χ0n) is 27.8. The fraction of sp³-hybridized carbons (Fsp3) is 0.0732. The SMILES string of the molecule is COc1cccc(/C=C(\NC(=O)c2ccccc2)C(=O)Nc2ccc(SC(C(=O)Nc3nc(-c4ccccc4)c(C)s3)c3ccccc3)cc2)c1. The van der Waals surface area contributed by atoms with E-state index in [2.05, 4.69) is 16.0 Å². The molecule has 0 radical (unpaired) electrons. The van der Waals surface area contributed by atoms with E-state index < -0.39 is 17.1 Å². The van der Waals surface area contributed by atoms with Gasteiger partial charge in [-0.15, -0.1) is 23.1 Å². The van der Waals surface area contributed by atoms with E-state index in [1.54, 1.807) is 67.8 Å². The molecule has 0 saturated carbocycles. The smallest absolute Gasteiger partial charge is 0.272 e. The van der Waals surface area contributed by atoms with Gasteiger partial charge in [0.2, 0.25) is 5.91 Å². The fourth-order valence-electron chi connectivity index (χ4n) is 5.18. The maximum Gasteiger partial charge on any atom is 0.272 e. The number of rotatable bonds is 12. The minimum absolute atomic E-state index is 0.0595. The Morgan fingerprint density at radius 1 is 0.784 bits per heavy atom. The number of methoxy groups -OCH3 is 1. The molecule has 1 atom stereocenters. The van der Waals surface area contributed by atoms with Crippen molar-refractivity contribution in [3.8, 4) is 17.0 Å². The van der Waals surface area contributed by atoms with Gasteiger partial charge in [0, 0.05) is 26.6 Å². The number of aryl methyl sites for hydroxylation is 1. The standard InChI is InChI=1S/C41H34N4O4S2/c1-27-36(29-14-6-3-7-15-29)44-41(50-27)45-40(48)37(30-16-8-4-9-17-30)51-34-23-21-32(22-24-34)42-39(47)35(26-28-13-12-20-33(25-28)49-2)43-38(46)31-18-10-5-11-19-31/h3-26,37H,1-2H3,(H,42,47)(H,43,46)(H,44,45,48)/b35-26-. The molecule has 0 spiro atoms. The molecule has 1 aromatic heterocycles. The van der Waals surface area contributed by atoms with Crippen molar-refractivity contribution in [2.45, 2.75) is 17.1 Å². The summed E-state index contributed by atoms with van der Waals surface area (Å²) in [5.41, 5.74) is 4.35. The van der Waals surface area contributed by atoms with Crippen molar-refractivity contribution in [1.82, 2.24) is 10.3 Å². The van der Waals surface area contributed by atoms with E-state index in [-0.39, 0.29) is 11.6 Å². The van der Waals surface area contributed by atoms with Gasteiger partial charge in [0.15, 0.2) is 5.13 Å². The van der Waals surface area contributed by atoms with Crippen LogP contribution in [-0.4, -0.2) is 29.8 Å². The molecule has 254 valence electrons. The lowest BCUT2D eigenvalue weighted by molar-refractivity contribution is -0.116. The van der Waals surface area contributed by atoms with Crippen LogP contribution in [0.4, 0.5) is 10.8 Å². The molecule has 5 aromatic carbocycles. The van der Waals surface area contributed by atoms with Crippen molar-refractivity contribution in [3.05, 3.63) is 167 Å². The number of thioether (sulfide) groups is 1. The Hall–Kier alpha value is -5.97. The number of hydrogen-bond donors (Lipinski definition) is 3. The van der Waals surface area contributed by atoms with Crippen LogP contribution < -0.4 is 20.7 Å². The predicted molar refractivity (Wildman–Crippen MR) is 206 cm³/mol. The molecule has 1 heterocycles. The number of nitrogens with zero attached hydrogens (tertiary/aromatic N) is 1. The number of nitrogens with one attached hydrogen (secondary N) is 3. The van der Waals surface area contributed by atoms with Gasteiger partial charge in [0.05, 0.1) is 12.8 Å². The number of ether oxygens (including phenoxy) is 1. The van der Waals surface area contributed by atoms with E-state index in [1.165, 1.54) is 23.1 Å². The summed E-state index contributed by atoms with van der Waals surface area (Å²) in [5, 5.41) is 8.65. The molecule has 0 aliphatic carbocycles. The summed E-state index contributed by atoms with van der Waals surface area (Å²) in [6.07, 6.45) is 1.60. The molecule has 0 aliphatic rings. The van der Waals surface area contributed by atoms with E-state index in [9.17, 15) is 14.4 Å². The molecule has 6 rings (SSSR count). The maximum absolute atomic E-state index is 13.8.